The van der Waals surface area contributed by atoms with Crippen molar-refractivity contribution < 1.29 is 0 Å². The van der Waals surface area contributed by atoms with Gasteiger partial charge in [0, 0.05) is 29.8 Å². The van der Waals surface area contributed by atoms with Gasteiger partial charge in [-0.1, -0.05) is 18.2 Å². The molecule has 0 saturated heterocycles. The molecule has 16 heavy (non-hydrogen) atoms. The largest absolute Gasteiger partial charge is 0.383 e. The van der Waals surface area contributed by atoms with E-state index in [4.69, 9.17) is 5.73 Å². The number of aromatic nitrogens is 3. The molecule has 80 valence electrons. The normalized spacial score (nSPS) is 11.1. The Morgan fingerprint density at radius 2 is 2.12 bits per heavy atom. The maximum Gasteiger partial charge on any atom is 0.129 e. The monoisotopic (exact) mass is 230 g/mol. The maximum atomic E-state index is 5.98. The topological polar surface area (TPSA) is 56.7 Å². The van der Waals surface area contributed by atoms with Gasteiger partial charge in [-0.2, -0.15) is 9.47 Å². The SMILES string of the molecule is Cn1ncc(-c2cccc3cnsc23)c1N. The zero-order chi connectivity index (χ0) is 11.1. The molecule has 0 saturated carbocycles. The summed E-state index contributed by atoms with van der Waals surface area (Å²) in [6.45, 7) is 0. The summed E-state index contributed by atoms with van der Waals surface area (Å²) in [7, 11) is 1.84. The number of hydrogen-bond donors (Lipinski definition) is 1. The summed E-state index contributed by atoms with van der Waals surface area (Å²) in [4.78, 5) is 0. The Kier molecular flexibility index (Phi) is 1.94. The van der Waals surface area contributed by atoms with Gasteiger partial charge in [-0.15, -0.1) is 0 Å². The molecule has 0 spiro atoms. The van der Waals surface area contributed by atoms with Gasteiger partial charge in [-0.3, -0.25) is 4.68 Å². The molecule has 0 aliphatic rings. The van der Waals surface area contributed by atoms with Gasteiger partial charge in [0.25, 0.3) is 0 Å². The number of fused-ring (bicyclic) bond motifs is 1. The van der Waals surface area contributed by atoms with E-state index in [9.17, 15) is 0 Å². The van der Waals surface area contributed by atoms with Gasteiger partial charge in [0.15, 0.2) is 0 Å². The second-order valence-corrected chi connectivity index (χ2v) is 4.42. The van der Waals surface area contributed by atoms with Gasteiger partial charge >= 0.3 is 0 Å². The minimum Gasteiger partial charge on any atom is -0.383 e. The van der Waals surface area contributed by atoms with E-state index in [1.165, 1.54) is 11.5 Å². The summed E-state index contributed by atoms with van der Waals surface area (Å²) in [6, 6.07) is 6.11. The number of nitrogens with two attached hydrogens (primary N) is 1. The number of nitrogens with zero attached hydrogens (tertiary/aromatic N) is 3. The van der Waals surface area contributed by atoms with Crippen LogP contribution in [0.25, 0.3) is 21.2 Å². The molecular weight excluding hydrogens is 220 g/mol. The first-order valence-electron chi connectivity index (χ1n) is 4.88. The fraction of sp³-hybridized carbons (Fsp3) is 0.0909. The van der Waals surface area contributed by atoms with Crippen LogP contribution in [0.1, 0.15) is 0 Å². The van der Waals surface area contributed by atoms with Gasteiger partial charge in [0.2, 0.25) is 0 Å². The molecule has 0 amide bonds. The Hall–Kier alpha value is -1.88. The van der Waals surface area contributed by atoms with E-state index >= 15 is 0 Å². The van der Waals surface area contributed by atoms with E-state index in [2.05, 4.69) is 15.5 Å². The molecule has 0 unspecified atom stereocenters. The van der Waals surface area contributed by atoms with Crippen LogP contribution in [0.2, 0.25) is 0 Å². The molecule has 0 bridgehead atoms. The lowest BCUT2D eigenvalue weighted by atomic mass is 10.1. The quantitative estimate of drug-likeness (QED) is 0.697. The molecule has 4 nitrogen and oxygen atoms in total. The minimum absolute atomic E-state index is 0.681. The van der Waals surface area contributed by atoms with Gasteiger partial charge in [0.1, 0.15) is 5.82 Å². The maximum absolute atomic E-state index is 5.98. The smallest absolute Gasteiger partial charge is 0.129 e. The fourth-order valence-electron chi connectivity index (χ4n) is 1.76. The Bertz CT molecular complexity index is 653. The van der Waals surface area contributed by atoms with E-state index in [0.29, 0.717) is 5.82 Å². The molecule has 0 fully saturated rings. The molecule has 0 aliphatic carbocycles. The van der Waals surface area contributed by atoms with Crippen molar-refractivity contribution in [1.29, 1.82) is 0 Å². The summed E-state index contributed by atoms with van der Waals surface area (Å²) in [5.41, 5.74) is 8.05. The lowest BCUT2D eigenvalue weighted by molar-refractivity contribution is 0.779. The molecule has 0 radical (unpaired) electrons. The van der Waals surface area contributed by atoms with Crippen molar-refractivity contribution in [3.63, 3.8) is 0 Å². The predicted molar refractivity (Wildman–Crippen MR) is 66.2 cm³/mol. The summed E-state index contributed by atoms with van der Waals surface area (Å²) in [5.74, 6) is 0.681. The molecule has 5 heteroatoms. The summed E-state index contributed by atoms with van der Waals surface area (Å²) >= 11 is 1.48. The highest BCUT2D eigenvalue weighted by Gasteiger charge is 2.11. The van der Waals surface area contributed by atoms with Crippen molar-refractivity contribution in [1.82, 2.24) is 14.2 Å². The highest BCUT2D eigenvalue weighted by atomic mass is 32.1. The van der Waals surface area contributed by atoms with E-state index < -0.39 is 0 Å². The van der Waals surface area contributed by atoms with E-state index in [1.54, 1.807) is 10.9 Å². The van der Waals surface area contributed by atoms with Crippen LogP contribution in [0, 0.1) is 0 Å². The van der Waals surface area contributed by atoms with E-state index in [0.717, 1.165) is 21.2 Å². The van der Waals surface area contributed by atoms with Gasteiger partial charge < -0.3 is 5.73 Å². The zero-order valence-corrected chi connectivity index (χ0v) is 9.53. The highest BCUT2D eigenvalue weighted by molar-refractivity contribution is 7.13. The van der Waals surface area contributed by atoms with Crippen molar-refractivity contribution >= 4 is 27.4 Å². The fourth-order valence-corrected chi connectivity index (χ4v) is 2.54. The van der Waals surface area contributed by atoms with Crippen molar-refractivity contribution in [3.05, 3.63) is 30.6 Å². The van der Waals surface area contributed by atoms with Crippen LogP contribution < -0.4 is 5.73 Å². The Labute approximate surface area is 96.5 Å². The molecular formula is C11H10N4S. The third kappa shape index (κ3) is 1.22. The molecule has 3 rings (SSSR count). The first-order chi connectivity index (χ1) is 7.77. The summed E-state index contributed by atoms with van der Waals surface area (Å²) in [6.07, 6.45) is 3.67. The van der Waals surface area contributed by atoms with Crippen LogP contribution in [-0.4, -0.2) is 14.2 Å². The molecule has 3 aromatic rings. The molecule has 1 aromatic carbocycles. The molecule has 0 aliphatic heterocycles. The Balaban J connectivity index is 2.33. The lowest BCUT2D eigenvalue weighted by Gasteiger charge is -2.01. The Morgan fingerprint density at radius 3 is 2.88 bits per heavy atom. The third-order valence-electron chi connectivity index (χ3n) is 2.66. The average Bonchev–Trinajstić information content (AvgIpc) is 2.87. The van der Waals surface area contributed by atoms with Crippen LogP contribution in [0.3, 0.4) is 0 Å². The second-order valence-electron chi connectivity index (χ2n) is 3.62. The van der Waals surface area contributed by atoms with Crippen molar-refractivity contribution in [3.8, 4) is 11.1 Å². The van der Waals surface area contributed by atoms with Crippen LogP contribution >= 0.6 is 11.5 Å². The third-order valence-corrected chi connectivity index (χ3v) is 3.51. The average molecular weight is 230 g/mol. The number of hydrogen-bond acceptors (Lipinski definition) is 4. The van der Waals surface area contributed by atoms with Crippen molar-refractivity contribution in [2.45, 2.75) is 0 Å². The number of anilines is 1. The number of nitrogen functional groups attached to an aromatic ring is 1. The lowest BCUT2D eigenvalue weighted by Crippen LogP contribution is -1.97. The van der Waals surface area contributed by atoms with Crippen molar-refractivity contribution in [2.75, 3.05) is 5.73 Å². The molecule has 0 atom stereocenters. The number of aryl methyl sites for hydroxylation is 1. The van der Waals surface area contributed by atoms with Crippen LogP contribution in [0.4, 0.5) is 5.82 Å². The van der Waals surface area contributed by atoms with Gasteiger partial charge in [0.05, 0.1) is 10.9 Å². The zero-order valence-electron chi connectivity index (χ0n) is 8.71. The van der Waals surface area contributed by atoms with E-state index in [-0.39, 0.29) is 0 Å². The molecule has 2 N–H and O–H groups in total. The van der Waals surface area contributed by atoms with Crippen LogP contribution in [0.15, 0.2) is 30.6 Å². The predicted octanol–water partition coefficient (Wildman–Crippen LogP) is 2.28. The van der Waals surface area contributed by atoms with Crippen molar-refractivity contribution in [2.24, 2.45) is 7.05 Å². The van der Waals surface area contributed by atoms with Crippen LogP contribution in [-0.2, 0) is 7.05 Å². The van der Waals surface area contributed by atoms with Gasteiger partial charge in [-0.05, 0) is 11.5 Å². The number of benzene rings is 1. The van der Waals surface area contributed by atoms with Gasteiger partial charge in [-0.25, -0.2) is 0 Å². The summed E-state index contributed by atoms with van der Waals surface area (Å²) in [5, 5.41) is 5.30. The first kappa shape index (κ1) is 9.35. The first-order valence-corrected chi connectivity index (χ1v) is 5.66. The number of rotatable bonds is 1. The van der Waals surface area contributed by atoms with E-state index in [1.807, 2.05) is 25.4 Å². The molecule has 2 heterocycles. The Morgan fingerprint density at radius 1 is 1.25 bits per heavy atom. The minimum atomic E-state index is 0.681. The standard InChI is InChI=1S/C11H10N4S/c1-15-11(12)9(6-13-15)8-4-2-3-7-5-14-16-10(7)8/h2-6H,12H2,1H3. The summed E-state index contributed by atoms with van der Waals surface area (Å²) < 4.78 is 7.03. The highest BCUT2D eigenvalue weighted by Crippen LogP contribution is 2.33. The van der Waals surface area contributed by atoms with Crippen LogP contribution in [0.5, 0.6) is 0 Å². The second kappa shape index (κ2) is 3.31. The molecule has 2 aromatic heterocycles.